The summed E-state index contributed by atoms with van der Waals surface area (Å²) in [6.07, 6.45) is 15.7. The van der Waals surface area contributed by atoms with Gasteiger partial charge in [0.05, 0.1) is 0 Å². The summed E-state index contributed by atoms with van der Waals surface area (Å²) in [7, 11) is 0. The standard InChI is InChI=1S/C25H32/c1-3-5-8-11-23-18-20-25(21-19-23)13-10-7-6-9-12-24-16-14-22(4-2)15-17-24/h6-7,14-17,23,25H,3-5,8,11,18-21H2,1-2H3. The van der Waals surface area contributed by atoms with Gasteiger partial charge in [-0.25, -0.2) is 0 Å². The van der Waals surface area contributed by atoms with E-state index in [9.17, 15) is 0 Å². The molecule has 0 amide bonds. The van der Waals surface area contributed by atoms with E-state index in [0.29, 0.717) is 5.92 Å². The summed E-state index contributed by atoms with van der Waals surface area (Å²) in [4.78, 5) is 0. The van der Waals surface area contributed by atoms with Gasteiger partial charge in [0, 0.05) is 11.5 Å². The zero-order valence-electron chi connectivity index (χ0n) is 16.0. The molecule has 1 saturated carbocycles. The number of benzene rings is 1. The van der Waals surface area contributed by atoms with Crippen molar-refractivity contribution in [2.45, 2.75) is 71.6 Å². The van der Waals surface area contributed by atoms with E-state index in [-0.39, 0.29) is 0 Å². The molecule has 0 radical (unpaired) electrons. The van der Waals surface area contributed by atoms with Crippen LogP contribution in [-0.4, -0.2) is 0 Å². The Balaban J connectivity index is 1.70. The minimum atomic E-state index is 0.599. The number of hydrogen-bond donors (Lipinski definition) is 0. The number of hydrogen-bond acceptors (Lipinski definition) is 0. The molecule has 0 aliphatic heterocycles. The molecule has 1 aliphatic rings. The van der Waals surface area contributed by atoms with Gasteiger partial charge in [0.2, 0.25) is 0 Å². The van der Waals surface area contributed by atoms with Crippen molar-refractivity contribution < 1.29 is 0 Å². The Morgan fingerprint density at radius 2 is 1.64 bits per heavy atom. The first-order valence-electron chi connectivity index (χ1n) is 10.1. The van der Waals surface area contributed by atoms with Gasteiger partial charge in [-0.2, -0.15) is 0 Å². The highest BCUT2D eigenvalue weighted by Gasteiger charge is 2.18. The zero-order valence-corrected chi connectivity index (χ0v) is 16.0. The van der Waals surface area contributed by atoms with Gasteiger partial charge in [-0.3, -0.25) is 0 Å². The van der Waals surface area contributed by atoms with Crippen molar-refractivity contribution in [3.05, 3.63) is 47.5 Å². The first kappa shape index (κ1) is 19.4. The molecule has 0 saturated heterocycles. The van der Waals surface area contributed by atoms with Gasteiger partial charge >= 0.3 is 0 Å². The van der Waals surface area contributed by atoms with Crippen LogP contribution in [0.1, 0.15) is 76.3 Å². The minimum absolute atomic E-state index is 0.599. The molecule has 0 nitrogen and oxygen atoms in total. The summed E-state index contributed by atoms with van der Waals surface area (Å²) in [5.41, 5.74) is 2.42. The highest BCUT2D eigenvalue weighted by atomic mass is 14.2. The molecular formula is C25H32. The van der Waals surface area contributed by atoms with Crippen molar-refractivity contribution in [2.24, 2.45) is 11.8 Å². The zero-order chi connectivity index (χ0) is 17.7. The minimum Gasteiger partial charge on any atom is -0.0951 e. The molecule has 0 N–H and O–H groups in total. The predicted molar refractivity (Wildman–Crippen MR) is 109 cm³/mol. The van der Waals surface area contributed by atoms with E-state index in [1.54, 1.807) is 0 Å². The molecule has 0 bridgehead atoms. The van der Waals surface area contributed by atoms with E-state index in [0.717, 1.165) is 17.9 Å². The fourth-order valence-electron chi connectivity index (χ4n) is 3.48. The van der Waals surface area contributed by atoms with Crippen LogP contribution >= 0.6 is 0 Å². The van der Waals surface area contributed by atoms with Gasteiger partial charge in [-0.15, -0.1) is 0 Å². The molecule has 0 heterocycles. The third-order valence-electron chi connectivity index (χ3n) is 5.18. The van der Waals surface area contributed by atoms with Gasteiger partial charge < -0.3 is 0 Å². The van der Waals surface area contributed by atoms with Crippen molar-refractivity contribution >= 4 is 0 Å². The molecule has 1 aromatic rings. The number of aryl methyl sites for hydroxylation is 1. The van der Waals surface area contributed by atoms with E-state index in [1.165, 1.54) is 56.9 Å². The second-order valence-corrected chi connectivity index (χ2v) is 7.16. The van der Waals surface area contributed by atoms with Crippen molar-refractivity contribution in [3.63, 3.8) is 0 Å². The summed E-state index contributed by atoms with van der Waals surface area (Å²) in [5, 5.41) is 0. The fourth-order valence-corrected chi connectivity index (χ4v) is 3.48. The van der Waals surface area contributed by atoms with Gasteiger partial charge in [-0.1, -0.05) is 75.3 Å². The van der Waals surface area contributed by atoms with E-state index in [4.69, 9.17) is 0 Å². The molecule has 25 heavy (non-hydrogen) atoms. The quantitative estimate of drug-likeness (QED) is 0.424. The van der Waals surface area contributed by atoms with E-state index in [2.05, 4.69) is 61.8 Å². The maximum absolute atomic E-state index is 3.42. The molecule has 1 aromatic carbocycles. The highest BCUT2D eigenvalue weighted by molar-refractivity contribution is 5.39. The maximum atomic E-state index is 3.42. The maximum Gasteiger partial charge on any atom is 0.0249 e. The molecule has 132 valence electrons. The second-order valence-electron chi connectivity index (χ2n) is 7.16. The van der Waals surface area contributed by atoms with Crippen molar-refractivity contribution in [1.82, 2.24) is 0 Å². The normalized spacial score (nSPS) is 19.8. The molecular weight excluding hydrogens is 300 g/mol. The largest absolute Gasteiger partial charge is 0.0951 e. The summed E-state index contributed by atoms with van der Waals surface area (Å²) in [6, 6.07) is 8.47. The SMILES string of the molecule is CCCCCC1CCC(C#CC=CC#Cc2ccc(CC)cc2)CC1. The number of rotatable bonds is 5. The Morgan fingerprint density at radius 1 is 0.920 bits per heavy atom. The molecule has 0 aromatic heterocycles. The van der Waals surface area contributed by atoms with Crippen LogP contribution in [0.3, 0.4) is 0 Å². The van der Waals surface area contributed by atoms with Crippen LogP contribution in [0.25, 0.3) is 0 Å². The third-order valence-corrected chi connectivity index (χ3v) is 5.18. The van der Waals surface area contributed by atoms with E-state index in [1.807, 2.05) is 12.2 Å². The summed E-state index contributed by atoms with van der Waals surface area (Å²) < 4.78 is 0. The van der Waals surface area contributed by atoms with Crippen molar-refractivity contribution in [3.8, 4) is 23.7 Å². The summed E-state index contributed by atoms with van der Waals surface area (Å²) in [5.74, 6) is 14.4. The molecule has 0 unspecified atom stereocenters. The third kappa shape index (κ3) is 7.67. The Hall–Kier alpha value is -1.92. The summed E-state index contributed by atoms with van der Waals surface area (Å²) >= 11 is 0. The highest BCUT2D eigenvalue weighted by Crippen LogP contribution is 2.31. The lowest BCUT2D eigenvalue weighted by Crippen LogP contribution is -2.13. The van der Waals surface area contributed by atoms with Gasteiger partial charge in [0.15, 0.2) is 0 Å². The fraction of sp³-hybridized carbons (Fsp3) is 0.520. The average Bonchev–Trinajstić information content (AvgIpc) is 2.66. The lowest BCUT2D eigenvalue weighted by Gasteiger charge is -2.25. The van der Waals surface area contributed by atoms with Crippen LogP contribution in [0.15, 0.2) is 36.4 Å². The predicted octanol–water partition coefficient (Wildman–Crippen LogP) is 6.55. The van der Waals surface area contributed by atoms with Crippen LogP contribution in [-0.2, 0) is 6.42 Å². The number of unbranched alkanes of at least 4 members (excludes halogenated alkanes) is 2. The monoisotopic (exact) mass is 332 g/mol. The van der Waals surface area contributed by atoms with Crippen molar-refractivity contribution in [2.75, 3.05) is 0 Å². The molecule has 0 spiro atoms. The summed E-state index contributed by atoms with van der Waals surface area (Å²) in [6.45, 7) is 4.45. The Labute approximate surface area is 155 Å². The molecule has 0 atom stereocenters. The Bertz CT molecular complexity index is 631. The van der Waals surface area contributed by atoms with Gasteiger partial charge in [0.25, 0.3) is 0 Å². The Kier molecular flexibility index (Phi) is 9.01. The van der Waals surface area contributed by atoms with E-state index >= 15 is 0 Å². The average molecular weight is 333 g/mol. The molecule has 1 aliphatic carbocycles. The van der Waals surface area contributed by atoms with Crippen LogP contribution < -0.4 is 0 Å². The van der Waals surface area contributed by atoms with Crippen LogP contribution in [0.4, 0.5) is 0 Å². The van der Waals surface area contributed by atoms with Gasteiger partial charge in [-0.05, 0) is 67.9 Å². The van der Waals surface area contributed by atoms with Crippen LogP contribution in [0, 0.1) is 35.5 Å². The molecule has 2 rings (SSSR count). The van der Waals surface area contributed by atoms with Crippen molar-refractivity contribution in [1.29, 1.82) is 0 Å². The topological polar surface area (TPSA) is 0 Å². The van der Waals surface area contributed by atoms with Crippen LogP contribution in [0.5, 0.6) is 0 Å². The second kappa shape index (κ2) is 11.6. The molecule has 0 heteroatoms. The lowest BCUT2D eigenvalue weighted by atomic mass is 9.80. The molecule has 1 fully saturated rings. The Morgan fingerprint density at radius 3 is 2.32 bits per heavy atom. The number of allylic oxidation sites excluding steroid dienone is 2. The van der Waals surface area contributed by atoms with Crippen LogP contribution in [0.2, 0.25) is 0 Å². The first-order chi connectivity index (χ1) is 12.3. The smallest absolute Gasteiger partial charge is 0.0249 e. The van der Waals surface area contributed by atoms with E-state index < -0.39 is 0 Å². The first-order valence-corrected chi connectivity index (χ1v) is 10.1. The lowest BCUT2D eigenvalue weighted by molar-refractivity contribution is 0.294. The van der Waals surface area contributed by atoms with Gasteiger partial charge in [0.1, 0.15) is 0 Å².